The average molecular weight is 376 g/mol. The van der Waals surface area contributed by atoms with Gasteiger partial charge in [-0.1, -0.05) is 17.7 Å². The lowest BCUT2D eigenvalue weighted by atomic mass is 10.1. The Morgan fingerprint density at radius 1 is 1.11 bits per heavy atom. The van der Waals surface area contributed by atoms with Crippen molar-refractivity contribution in [3.8, 4) is 0 Å². The molecule has 0 spiro atoms. The molecule has 1 fully saturated rings. The van der Waals surface area contributed by atoms with Gasteiger partial charge in [0.25, 0.3) is 5.91 Å². The number of methoxy groups -OCH3 is 1. The highest BCUT2D eigenvalue weighted by Crippen LogP contribution is 2.25. The van der Waals surface area contributed by atoms with Gasteiger partial charge in [-0.15, -0.1) is 0 Å². The fraction of sp³-hybridized carbons (Fsp3) is 0.318. The highest BCUT2D eigenvalue weighted by molar-refractivity contribution is 6.00. The maximum Gasteiger partial charge on any atom is 0.253 e. The fourth-order valence-electron chi connectivity index (χ4n) is 3.54. The Labute approximate surface area is 164 Å². The zero-order valence-corrected chi connectivity index (χ0v) is 16.2. The number of benzene rings is 2. The first-order valence-corrected chi connectivity index (χ1v) is 9.54. The lowest BCUT2D eigenvalue weighted by molar-refractivity contribution is 0.0351. The number of nitrogens with one attached hydrogen (secondary N) is 1. The van der Waals surface area contributed by atoms with Gasteiger partial charge in [0.05, 0.1) is 11.6 Å². The maximum atomic E-state index is 12.9. The number of aromatic nitrogens is 2. The summed E-state index contributed by atoms with van der Waals surface area (Å²) in [5.41, 5.74) is 3.58. The molecule has 1 saturated heterocycles. The van der Waals surface area contributed by atoms with Crippen molar-refractivity contribution in [1.29, 1.82) is 0 Å². The number of hydrogen-bond donors (Lipinski definition) is 1. The third kappa shape index (κ3) is 3.82. The second-order valence-corrected chi connectivity index (χ2v) is 7.17. The van der Waals surface area contributed by atoms with E-state index in [1.165, 1.54) is 11.9 Å². The van der Waals surface area contributed by atoms with Gasteiger partial charge in [0.2, 0.25) is 0 Å². The van der Waals surface area contributed by atoms with Crippen molar-refractivity contribution in [3.05, 3.63) is 59.9 Å². The van der Waals surface area contributed by atoms with Crippen molar-refractivity contribution >= 4 is 28.3 Å². The highest BCUT2D eigenvalue weighted by atomic mass is 16.5. The van der Waals surface area contributed by atoms with Gasteiger partial charge >= 0.3 is 0 Å². The van der Waals surface area contributed by atoms with Crippen LogP contribution in [0, 0.1) is 6.92 Å². The molecule has 6 nitrogen and oxygen atoms in total. The second kappa shape index (κ2) is 7.94. The Morgan fingerprint density at radius 2 is 1.86 bits per heavy atom. The Kier molecular flexibility index (Phi) is 5.21. The molecule has 1 aromatic heterocycles. The topological polar surface area (TPSA) is 67.3 Å². The van der Waals surface area contributed by atoms with E-state index in [1.807, 2.05) is 35.2 Å². The van der Waals surface area contributed by atoms with Crippen molar-refractivity contribution in [2.75, 3.05) is 25.5 Å². The summed E-state index contributed by atoms with van der Waals surface area (Å²) in [4.78, 5) is 23.5. The maximum absolute atomic E-state index is 12.9. The standard InChI is InChI=1S/C22H24N4O2/c1-15-3-6-17(7-4-15)25-21-19-8-5-16(13-20(19)23-14-24-21)22(27)26-11-9-18(28-2)10-12-26/h3-8,13-14,18H,9-12H2,1-2H3,(H,23,24,25). The molecular weight excluding hydrogens is 352 g/mol. The number of piperidine rings is 1. The molecule has 1 aliphatic heterocycles. The number of amides is 1. The molecule has 1 N–H and O–H groups in total. The van der Waals surface area contributed by atoms with Gasteiger partial charge in [0.15, 0.2) is 0 Å². The molecule has 28 heavy (non-hydrogen) atoms. The molecule has 0 radical (unpaired) electrons. The molecule has 6 heteroatoms. The zero-order valence-electron chi connectivity index (χ0n) is 16.2. The van der Waals surface area contributed by atoms with Gasteiger partial charge in [0.1, 0.15) is 12.1 Å². The third-order valence-corrected chi connectivity index (χ3v) is 5.26. The van der Waals surface area contributed by atoms with Crippen LogP contribution < -0.4 is 5.32 Å². The Morgan fingerprint density at radius 3 is 2.57 bits per heavy atom. The molecule has 0 saturated carbocycles. The predicted molar refractivity (Wildman–Crippen MR) is 110 cm³/mol. The number of aryl methyl sites for hydroxylation is 1. The Balaban J connectivity index is 1.56. The van der Waals surface area contributed by atoms with E-state index in [0.717, 1.165) is 48.3 Å². The minimum absolute atomic E-state index is 0.0445. The van der Waals surface area contributed by atoms with Crippen LogP contribution in [0.25, 0.3) is 10.9 Å². The molecule has 144 valence electrons. The molecule has 3 aromatic rings. The van der Waals surface area contributed by atoms with Crippen LogP contribution in [0.3, 0.4) is 0 Å². The quantitative estimate of drug-likeness (QED) is 0.747. The molecular formula is C22H24N4O2. The van der Waals surface area contributed by atoms with Gasteiger partial charge in [-0.05, 0) is 50.1 Å². The summed E-state index contributed by atoms with van der Waals surface area (Å²) in [6.45, 7) is 3.50. The van der Waals surface area contributed by atoms with Crippen molar-refractivity contribution in [3.63, 3.8) is 0 Å². The van der Waals surface area contributed by atoms with E-state index in [4.69, 9.17) is 4.74 Å². The average Bonchev–Trinajstić information content (AvgIpc) is 2.75. The Bertz CT molecular complexity index is 979. The number of rotatable bonds is 4. The molecule has 1 aliphatic rings. The van der Waals surface area contributed by atoms with E-state index >= 15 is 0 Å². The minimum atomic E-state index is 0.0445. The summed E-state index contributed by atoms with van der Waals surface area (Å²) in [6, 6.07) is 13.8. The molecule has 0 atom stereocenters. The number of ether oxygens (including phenoxy) is 1. The molecule has 0 unspecified atom stereocenters. The largest absolute Gasteiger partial charge is 0.381 e. The van der Waals surface area contributed by atoms with Gasteiger partial charge in [-0.3, -0.25) is 4.79 Å². The summed E-state index contributed by atoms with van der Waals surface area (Å²) in [5.74, 6) is 0.775. The number of nitrogens with zero attached hydrogens (tertiary/aromatic N) is 3. The monoisotopic (exact) mass is 376 g/mol. The van der Waals surface area contributed by atoms with E-state index < -0.39 is 0 Å². The highest BCUT2D eigenvalue weighted by Gasteiger charge is 2.23. The number of carbonyl (C=O) groups is 1. The van der Waals surface area contributed by atoms with Gasteiger partial charge < -0.3 is 15.0 Å². The van der Waals surface area contributed by atoms with Crippen LogP contribution in [-0.2, 0) is 4.74 Å². The van der Waals surface area contributed by atoms with E-state index in [1.54, 1.807) is 7.11 Å². The SMILES string of the molecule is COC1CCN(C(=O)c2ccc3c(Nc4ccc(C)cc4)ncnc3c2)CC1. The van der Waals surface area contributed by atoms with Crippen LogP contribution in [-0.4, -0.2) is 47.1 Å². The van der Waals surface area contributed by atoms with Gasteiger partial charge in [-0.2, -0.15) is 0 Å². The van der Waals surface area contributed by atoms with E-state index in [2.05, 4.69) is 34.3 Å². The van der Waals surface area contributed by atoms with Gasteiger partial charge in [0, 0.05) is 36.8 Å². The Hall–Kier alpha value is -2.99. The molecule has 0 aliphatic carbocycles. The molecule has 4 rings (SSSR count). The molecule has 2 aromatic carbocycles. The number of likely N-dealkylation sites (tertiary alicyclic amines) is 1. The fourth-order valence-corrected chi connectivity index (χ4v) is 3.54. The van der Waals surface area contributed by atoms with Crippen LogP contribution in [0.4, 0.5) is 11.5 Å². The van der Waals surface area contributed by atoms with Crippen molar-refractivity contribution in [2.45, 2.75) is 25.9 Å². The third-order valence-electron chi connectivity index (χ3n) is 5.26. The van der Waals surface area contributed by atoms with Crippen LogP contribution in [0.5, 0.6) is 0 Å². The summed E-state index contributed by atoms with van der Waals surface area (Å²) < 4.78 is 5.39. The molecule has 0 bridgehead atoms. The first-order valence-electron chi connectivity index (χ1n) is 9.54. The van der Waals surface area contributed by atoms with Crippen LogP contribution in [0.1, 0.15) is 28.8 Å². The van der Waals surface area contributed by atoms with Gasteiger partial charge in [-0.25, -0.2) is 9.97 Å². The molecule has 2 heterocycles. The first-order chi connectivity index (χ1) is 13.6. The summed E-state index contributed by atoms with van der Waals surface area (Å²) >= 11 is 0. The second-order valence-electron chi connectivity index (χ2n) is 7.17. The lowest BCUT2D eigenvalue weighted by Gasteiger charge is -2.31. The van der Waals surface area contributed by atoms with E-state index in [0.29, 0.717) is 5.56 Å². The summed E-state index contributed by atoms with van der Waals surface area (Å²) in [6.07, 6.45) is 3.53. The van der Waals surface area contributed by atoms with E-state index in [9.17, 15) is 4.79 Å². The first kappa shape index (κ1) is 18.4. The van der Waals surface area contributed by atoms with Crippen LogP contribution >= 0.6 is 0 Å². The number of carbonyl (C=O) groups excluding carboxylic acids is 1. The van der Waals surface area contributed by atoms with Crippen molar-refractivity contribution in [1.82, 2.24) is 14.9 Å². The summed E-state index contributed by atoms with van der Waals surface area (Å²) in [5, 5.41) is 4.22. The molecule has 1 amide bonds. The number of hydrogen-bond acceptors (Lipinski definition) is 5. The van der Waals surface area contributed by atoms with E-state index in [-0.39, 0.29) is 12.0 Å². The van der Waals surface area contributed by atoms with Crippen LogP contribution in [0.2, 0.25) is 0 Å². The summed E-state index contributed by atoms with van der Waals surface area (Å²) in [7, 11) is 1.73. The zero-order chi connectivity index (χ0) is 19.5. The number of fused-ring (bicyclic) bond motifs is 1. The van der Waals surface area contributed by atoms with Crippen LogP contribution in [0.15, 0.2) is 48.8 Å². The smallest absolute Gasteiger partial charge is 0.253 e. The number of anilines is 2. The predicted octanol–water partition coefficient (Wildman–Crippen LogP) is 3.93. The normalized spacial score (nSPS) is 15.0. The van der Waals surface area contributed by atoms with Crippen molar-refractivity contribution < 1.29 is 9.53 Å². The van der Waals surface area contributed by atoms with Crippen molar-refractivity contribution in [2.24, 2.45) is 0 Å². The minimum Gasteiger partial charge on any atom is -0.381 e. The lowest BCUT2D eigenvalue weighted by Crippen LogP contribution is -2.40.